The zero-order valence-corrected chi connectivity index (χ0v) is 19.6. The van der Waals surface area contributed by atoms with Crippen molar-refractivity contribution in [1.29, 1.82) is 0 Å². The van der Waals surface area contributed by atoms with Gasteiger partial charge < -0.3 is 16.0 Å². The number of nitrogens with zero attached hydrogens (tertiary/aromatic N) is 3. The molecule has 1 saturated heterocycles. The van der Waals surface area contributed by atoms with Gasteiger partial charge in [-0.2, -0.15) is 0 Å². The lowest BCUT2D eigenvalue weighted by atomic mass is 9.99. The fraction of sp³-hybridized carbons (Fsp3) is 0.609. The quantitative estimate of drug-likeness (QED) is 0.217. The zero-order valence-electron chi connectivity index (χ0n) is 19.6. The SMILES string of the molecule is CCC1(C)NC(=O)N(CCCNC(=NC)NCCC(C)N(C)Cc2ccccc2)C1=O. The number of guanidine groups is 1. The highest BCUT2D eigenvalue weighted by Gasteiger charge is 2.45. The Hall–Kier alpha value is -2.61. The number of rotatable bonds is 11. The van der Waals surface area contributed by atoms with Crippen molar-refractivity contribution in [3.8, 4) is 0 Å². The molecule has 2 atom stereocenters. The van der Waals surface area contributed by atoms with Crippen molar-refractivity contribution < 1.29 is 9.59 Å². The molecule has 0 radical (unpaired) electrons. The number of amides is 3. The van der Waals surface area contributed by atoms with Gasteiger partial charge in [0, 0.05) is 39.3 Å². The Morgan fingerprint density at radius 1 is 1.23 bits per heavy atom. The summed E-state index contributed by atoms with van der Waals surface area (Å²) in [4.78, 5) is 32.4. The minimum Gasteiger partial charge on any atom is -0.356 e. The van der Waals surface area contributed by atoms with Crippen LogP contribution in [0, 0.1) is 0 Å². The number of urea groups is 1. The monoisotopic (exact) mass is 430 g/mol. The van der Waals surface area contributed by atoms with E-state index in [2.05, 4.69) is 64.1 Å². The average Bonchev–Trinajstić information content (AvgIpc) is 2.98. The molecule has 2 unspecified atom stereocenters. The molecule has 1 aromatic rings. The fourth-order valence-electron chi connectivity index (χ4n) is 3.50. The van der Waals surface area contributed by atoms with Gasteiger partial charge in [0.2, 0.25) is 0 Å². The predicted molar refractivity (Wildman–Crippen MR) is 125 cm³/mol. The van der Waals surface area contributed by atoms with Gasteiger partial charge in [-0.25, -0.2) is 4.79 Å². The summed E-state index contributed by atoms with van der Waals surface area (Å²) in [6.07, 6.45) is 2.24. The van der Waals surface area contributed by atoms with E-state index in [0.717, 1.165) is 25.5 Å². The number of nitrogens with one attached hydrogen (secondary N) is 3. The molecule has 0 aliphatic carbocycles. The van der Waals surface area contributed by atoms with Gasteiger partial charge in [-0.1, -0.05) is 37.3 Å². The molecule has 1 aliphatic heterocycles. The summed E-state index contributed by atoms with van der Waals surface area (Å²) in [6, 6.07) is 10.6. The van der Waals surface area contributed by atoms with Gasteiger partial charge in [0.1, 0.15) is 5.54 Å². The highest BCUT2D eigenvalue weighted by atomic mass is 16.2. The Balaban J connectivity index is 1.65. The van der Waals surface area contributed by atoms with E-state index in [1.165, 1.54) is 10.5 Å². The summed E-state index contributed by atoms with van der Waals surface area (Å²) in [7, 11) is 3.88. The molecule has 1 heterocycles. The normalized spacial score (nSPS) is 20.2. The third-order valence-electron chi connectivity index (χ3n) is 6.01. The van der Waals surface area contributed by atoms with E-state index in [0.29, 0.717) is 32.0 Å². The van der Waals surface area contributed by atoms with Gasteiger partial charge >= 0.3 is 6.03 Å². The molecule has 1 aromatic carbocycles. The molecule has 1 fully saturated rings. The molecule has 172 valence electrons. The maximum atomic E-state index is 12.4. The Kier molecular flexibility index (Phi) is 9.30. The zero-order chi connectivity index (χ0) is 22.9. The van der Waals surface area contributed by atoms with Crippen LogP contribution in [0.25, 0.3) is 0 Å². The second-order valence-corrected chi connectivity index (χ2v) is 8.39. The molecule has 2 rings (SSSR count). The smallest absolute Gasteiger partial charge is 0.325 e. The molecular formula is C23H38N6O2. The van der Waals surface area contributed by atoms with Crippen LogP contribution in [-0.2, 0) is 11.3 Å². The highest BCUT2D eigenvalue weighted by Crippen LogP contribution is 2.20. The van der Waals surface area contributed by atoms with Gasteiger partial charge in [0.05, 0.1) is 0 Å². The van der Waals surface area contributed by atoms with Crippen molar-refractivity contribution in [2.24, 2.45) is 4.99 Å². The molecule has 8 heteroatoms. The van der Waals surface area contributed by atoms with Gasteiger partial charge in [0.15, 0.2) is 5.96 Å². The van der Waals surface area contributed by atoms with Crippen molar-refractivity contribution in [3.05, 3.63) is 35.9 Å². The largest absolute Gasteiger partial charge is 0.356 e. The molecule has 0 spiro atoms. The van der Waals surface area contributed by atoms with E-state index in [-0.39, 0.29) is 11.9 Å². The fourth-order valence-corrected chi connectivity index (χ4v) is 3.50. The van der Waals surface area contributed by atoms with Crippen molar-refractivity contribution >= 4 is 17.9 Å². The van der Waals surface area contributed by atoms with Crippen LogP contribution < -0.4 is 16.0 Å². The number of benzene rings is 1. The van der Waals surface area contributed by atoms with Gasteiger partial charge in [-0.15, -0.1) is 0 Å². The van der Waals surface area contributed by atoms with Crippen LogP contribution in [0.1, 0.15) is 45.6 Å². The summed E-state index contributed by atoms with van der Waals surface area (Å²) in [5, 5.41) is 9.38. The maximum absolute atomic E-state index is 12.4. The molecule has 8 nitrogen and oxygen atoms in total. The lowest BCUT2D eigenvalue weighted by Gasteiger charge is -2.25. The van der Waals surface area contributed by atoms with Gasteiger partial charge in [0.25, 0.3) is 5.91 Å². The molecule has 31 heavy (non-hydrogen) atoms. The lowest BCUT2D eigenvalue weighted by Crippen LogP contribution is -2.43. The number of imide groups is 1. The predicted octanol–water partition coefficient (Wildman–Crippen LogP) is 2.17. The van der Waals surface area contributed by atoms with E-state index < -0.39 is 5.54 Å². The lowest BCUT2D eigenvalue weighted by molar-refractivity contribution is -0.130. The first-order valence-corrected chi connectivity index (χ1v) is 11.1. The second kappa shape index (κ2) is 11.7. The van der Waals surface area contributed by atoms with E-state index in [1.54, 1.807) is 14.0 Å². The standard InChI is InChI=1S/C23H38N6O2/c1-6-23(3)20(30)29(22(31)27-23)16-10-14-25-21(24-4)26-15-13-18(2)28(5)17-19-11-8-7-9-12-19/h7-9,11-12,18H,6,10,13-17H2,1-5H3,(H,27,31)(H2,24,25,26). The summed E-state index contributed by atoms with van der Waals surface area (Å²) in [5.74, 6) is 0.588. The summed E-state index contributed by atoms with van der Waals surface area (Å²) >= 11 is 0. The molecule has 0 saturated carbocycles. The number of hydrogen-bond acceptors (Lipinski definition) is 4. The van der Waals surface area contributed by atoms with Crippen LogP contribution in [0.4, 0.5) is 4.79 Å². The van der Waals surface area contributed by atoms with Crippen LogP contribution >= 0.6 is 0 Å². The Morgan fingerprint density at radius 2 is 1.90 bits per heavy atom. The van der Waals surface area contributed by atoms with E-state index in [4.69, 9.17) is 0 Å². The minimum atomic E-state index is -0.771. The van der Waals surface area contributed by atoms with Gasteiger partial charge in [-0.3, -0.25) is 19.6 Å². The third kappa shape index (κ3) is 6.95. The summed E-state index contributed by atoms with van der Waals surface area (Å²) in [6.45, 7) is 8.66. The van der Waals surface area contributed by atoms with Crippen LogP contribution in [-0.4, -0.2) is 73.0 Å². The number of aliphatic imine (C=N–C) groups is 1. The average molecular weight is 431 g/mol. The molecule has 1 aliphatic rings. The van der Waals surface area contributed by atoms with E-state index in [9.17, 15) is 9.59 Å². The second-order valence-electron chi connectivity index (χ2n) is 8.39. The summed E-state index contributed by atoms with van der Waals surface area (Å²) in [5.41, 5.74) is 0.540. The molecule has 3 N–H and O–H groups in total. The first-order valence-electron chi connectivity index (χ1n) is 11.1. The number of carbonyl (C=O) groups excluding carboxylic acids is 2. The number of hydrogen-bond donors (Lipinski definition) is 3. The van der Waals surface area contributed by atoms with Crippen molar-refractivity contribution in [1.82, 2.24) is 25.8 Å². The Bertz CT molecular complexity index is 754. The van der Waals surface area contributed by atoms with E-state index >= 15 is 0 Å². The highest BCUT2D eigenvalue weighted by molar-refractivity contribution is 6.06. The van der Waals surface area contributed by atoms with Crippen molar-refractivity contribution in [2.45, 2.75) is 58.2 Å². The van der Waals surface area contributed by atoms with Crippen molar-refractivity contribution in [2.75, 3.05) is 33.7 Å². The molecule has 0 bridgehead atoms. The maximum Gasteiger partial charge on any atom is 0.325 e. The minimum absolute atomic E-state index is 0.142. The molecular weight excluding hydrogens is 392 g/mol. The van der Waals surface area contributed by atoms with Crippen LogP contribution in [0.2, 0.25) is 0 Å². The Labute approximate surface area is 186 Å². The first kappa shape index (κ1) is 24.7. The van der Waals surface area contributed by atoms with E-state index in [1.807, 2.05) is 13.0 Å². The third-order valence-corrected chi connectivity index (χ3v) is 6.01. The molecule has 0 aromatic heterocycles. The summed E-state index contributed by atoms with van der Waals surface area (Å²) < 4.78 is 0. The van der Waals surface area contributed by atoms with Crippen molar-refractivity contribution in [3.63, 3.8) is 0 Å². The number of carbonyl (C=O) groups is 2. The first-order chi connectivity index (χ1) is 14.8. The topological polar surface area (TPSA) is 89.1 Å². The van der Waals surface area contributed by atoms with Crippen LogP contribution in [0.15, 0.2) is 35.3 Å². The molecule has 3 amide bonds. The Morgan fingerprint density at radius 3 is 2.52 bits per heavy atom. The van der Waals surface area contributed by atoms with Crippen LogP contribution in [0.3, 0.4) is 0 Å². The van der Waals surface area contributed by atoms with Crippen LogP contribution in [0.5, 0.6) is 0 Å². The van der Waals surface area contributed by atoms with Gasteiger partial charge in [-0.05, 0) is 45.7 Å².